The molecule has 0 bridgehead atoms. The van der Waals surface area contributed by atoms with Crippen molar-refractivity contribution in [2.75, 3.05) is 7.11 Å². The number of hydrogen-bond acceptors (Lipinski definition) is 5. The van der Waals surface area contributed by atoms with Crippen molar-refractivity contribution in [3.63, 3.8) is 0 Å². The maximum absolute atomic E-state index is 13.9. The first kappa shape index (κ1) is 15.0. The van der Waals surface area contributed by atoms with Gasteiger partial charge in [-0.05, 0) is 34.1 Å². The number of rotatable bonds is 3. The first-order valence-electron chi connectivity index (χ1n) is 5.62. The number of hydrogen-bond donors (Lipinski definition) is 0. The highest BCUT2D eigenvalue weighted by Crippen LogP contribution is 2.32. The van der Waals surface area contributed by atoms with Gasteiger partial charge in [-0.25, -0.2) is 14.2 Å². The molecular weight excluding hydrogens is 347 g/mol. The van der Waals surface area contributed by atoms with Gasteiger partial charge in [0.1, 0.15) is 5.82 Å². The molecule has 0 spiro atoms. The fourth-order valence-electron chi connectivity index (χ4n) is 1.73. The quantitative estimate of drug-likeness (QED) is 0.479. The van der Waals surface area contributed by atoms with E-state index in [-0.39, 0.29) is 22.5 Å². The Balaban J connectivity index is 2.66. The molecule has 0 saturated heterocycles. The van der Waals surface area contributed by atoms with Crippen molar-refractivity contribution >= 4 is 27.6 Å². The molecule has 108 valence electrons. The van der Waals surface area contributed by atoms with Crippen LogP contribution in [0.2, 0.25) is 0 Å². The molecule has 2 rings (SSSR count). The summed E-state index contributed by atoms with van der Waals surface area (Å²) in [5.74, 6) is -1.39. The average Bonchev–Trinajstić information content (AvgIpc) is 2.47. The van der Waals surface area contributed by atoms with Gasteiger partial charge in [0, 0.05) is 22.3 Å². The molecule has 1 heterocycles. The van der Waals surface area contributed by atoms with Gasteiger partial charge in [0.2, 0.25) is 0 Å². The van der Waals surface area contributed by atoms with Crippen molar-refractivity contribution in [1.29, 1.82) is 0 Å². The highest BCUT2D eigenvalue weighted by molar-refractivity contribution is 9.10. The average molecular weight is 355 g/mol. The Morgan fingerprint density at radius 1 is 1.43 bits per heavy atom. The van der Waals surface area contributed by atoms with Crippen molar-refractivity contribution in [3.8, 4) is 11.3 Å². The van der Waals surface area contributed by atoms with E-state index in [0.29, 0.717) is 4.47 Å². The van der Waals surface area contributed by atoms with Crippen LogP contribution in [-0.4, -0.2) is 23.0 Å². The highest BCUT2D eigenvalue weighted by Gasteiger charge is 2.21. The summed E-state index contributed by atoms with van der Waals surface area (Å²) in [7, 11) is 1.19. The summed E-state index contributed by atoms with van der Waals surface area (Å²) < 4.78 is 18.9. The van der Waals surface area contributed by atoms with Crippen LogP contribution in [0.3, 0.4) is 0 Å². The van der Waals surface area contributed by atoms with E-state index in [0.717, 1.165) is 6.07 Å². The molecule has 21 heavy (non-hydrogen) atoms. The lowest BCUT2D eigenvalue weighted by Crippen LogP contribution is -2.03. The number of esters is 1. The van der Waals surface area contributed by atoms with Crippen molar-refractivity contribution in [2.45, 2.75) is 0 Å². The molecule has 0 aliphatic rings. The summed E-state index contributed by atoms with van der Waals surface area (Å²) >= 11 is 3.07. The Morgan fingerprint density at radius 2 is 2.14 bits per heavy atom. The predicted octanol–water partition coefficient (Wildman–Crippen LogP) is 3.35. The van der Waals surface area contributed by atoms with Gasteiger partial charge in [-0.2, -0.15) is 0 Å². The molecule has 0 atom stereocenters. The zero-order valence-corrected chi connectivity index (χ0v) is 12.3. The largest absolute Gasteiger partial charge is 0.465 e. The molecule has 1 aromatic carbocycles. The number of carbonyl (C=O) groups is 1. The van der Waals surface area contributed by atoms with Crippen LogP contribution in [0, 0.1) is 15.9 Å². The number of halogens is 2. The molecule has 0 amide bonds. The summed E-state index contributed by atoms with van der Waals surface area (Å²) in [4.78, 5) is 25.7. The third-order valence-corrected chi connectivity index (χ3v) is 3.11. The maximum atomic E-state index is 13.9. The number of nitro groups is 1. The lowest BCUT2D eigenvalue weighted by molar-refractivity contribution is -0.384. The molecule has 8 heteroatoms. The number of pyridine rings is 1. The lowest BCUT2D eigenvalue weighted by Gasteiger charge is -2.06. The van der Waals surface area contributed by atoms with Gasteiger partial charge in [0.25, 0.3) is 5.69 Å². The van der Waals surface area contributed by atoms with Crippen molar-refractivity contribution in [1.82, 2.24) is 4.98 Å². The molecule has 0 N–H and O–H groups in total. The third kappa shape index (κ3) is 3.05. The van der Waals surface area contributed by atoms with Gasteiger partial charge in [-0.1, -0.05) is 0 Å². The Labute approximate surface area is 126 Å². The van der Waals surface area contributed by atoms with Crippen LogP contribution in [-0.2, 0) is 4.74 Å². The van der Waals surface area contributed by atoms with E-state index in [4.69, 9.17) is 0 Å². The summed E-state index contributed by atoms with van der Waals surface area (Å²) in [6.45, 7) is 0. The van der Waals surface area contributed by atoms with Crippen molar-refractivity contribution in [2.24, 2.45) is 0 Å². The Morgan fingerprint density at radius 3 is 2.76 bits per heavy atom. The van der Waals surface area contributed by atoms with E-state index in [1.54, 1.807) is 0 Å². The Hall–Kier alpha value is -2.35. The van der Waals surface area contributed by atoms with Crippen LogP contribution in [0.4, 0.5) is 10.1 Å². The molecular formula is C13H8BrFN2O4. The van der Waals surface area contributed by atoms with Gasteiger partial charge in [0.15, 0.2) is 5.69 Å². The maximum Gasteiger partial charge on any atom is 0.337 e. The van der Waals surface area contributed by atoms with Crippen LogP contribution in [0.1, 0.15) is 10.4 Å². The van der Waals surface area contributed by atoms with Crippen LogP contribution in [0.15, 0.2) is 34.9 Å². The van der Waals surface area contributed by atoms with Crippen LogP contribution < -0.4 is 0 Å². The SMILES string of the molecule is COC(=O)c1ccc(F)c(-c2ncc(Br)cc2[N+](=O)[O-])c1. The van der Waals surface area contributed by atoms with E-state index < -0.39 is 16.7 Å². The van der Waals surface area contributed by atoms with E-state index >= 15 is 0 Å². The molecule has 0 saturated carbocycles. The molecule has 2 aromatic rings. The fraction of sp³-hybridized carbons (Fsp3) is 0.0769. The van der Waals surface area contributed by atoms with Crippen molar-refractivity contribution < 1.29 is 18.8 Å². The van der Waals surface area contributed by atoms with Gasteiger partial charge in [-0.3, -0.25) is 10.1 Å². The number of nitrogens with zero attached hydrogens (tertiary/aromatic N) is 2. The lowest BCUT2D eigenvalue weighted by atomic mass is 10.1. The van der Waals surface area contributed by atoms with Crippen molar-refractivity contribution in [3.05, 3.63) is 56.4 Å². The number of carbonyl (C=O) groups excluding carboxylic acids is 1. The van der Waals surface area contributed by atoms with Gasteiger partial charge in [0.05, 0.1) is 17.6 Å². The number of methoxy groups -OCH3 is 1. The summed E-state index contributed by atoms with van der Waals surface area (Å²) in [6, 6.07) is 4.65. The van der Waals surface area contributed by atoms with E-state index in [1.165, 1.54) is 31.5 Å². The smallest absolute Gasteiger partial charge is 0.337 e. The first-order valence-corrected chi connectivity index (χ1v) is 6.41. The molecule has 0 fully saturated rings. The van der Waals surface area contributed by atoms with Gasteiger partial charge < -0.3 is 4.74 Å². The standard InChI is InChI=1S/C13H8BrFN2O4/c1-21-13(18)7-2-3-10(15)9(4-7)12-11(17(19)20)5-8(14)6-16-12/h2-6H,1H3. The first-order chi connectivity index (χ1) is 9.93. The third-order valence-electron chi connectivity index (χ3n) is 2.67. The summed E-state index contributed by atoms with van der Waals surface area (Å²) in [5.41, 5.74) is -0.596. The zero-order chi connectivity index (χ0) is 15.6. The molecule has 6 nitrogen and oxygen atoms in total. The highest BCUT2D eigenvalue weighted by atomic mass is 79.9. The van der Waals surface area contributed by atoms with Crippen LogP contribution >= 0.6 is 15.9 Å². The number of aromatic nitrogens is 1. The minimum Gasteiger partial charge on any atom is -0.465 e. The Bertz CT molecular complexity index is 736. The van der Waals surface area contributed by atoms with Gasteiger partial charge in [-0.15, -0.1) is 0 Å². The Kier molecular flexibility index (Phi) is 4.27. The summed E-state index contributed by atoms with van der Waals surface area (Å²) in [6.07, 6.45) is 1.31. The second-order valence-electron chi connectivity index (χ2n) is 3.96. The summed E-state index contributed by atoms with van der Waals surface area (Å²) in [5, 5.41) is 11.1. The number of benzene rings is 1. The second kappa shape index (κ2) is 5.96. The second-order valence-corrected chi connectivity index (χ2v) is 4.88. The van der Waals surface area contributed by atoms with Crippen LogP contribution in [0.25, 0.3) is 11.3 Å². The minimum absolute atomic E-state index is 0.0768. The minimum atomic E-state index is -0.722. The molecule has 0 aliphatic carbocycles. The van der Waals surface area contributed by atoms with E-state index in [2.05, 4.69) is 25.7 Å². The molecule has 0 radical (unpaired) electrons. The van der Waals surface area contributed by atoms with Crippen LogP contribution in [0.5, 0.6) is 0 Å². The van der Waals surface area contributed by atoms with E-state index in [9.17, 15) is 19.3 Å². The molecule has 0 aliphatic heterocycles. The van der Waals surface area contributed by atoms with E-state index in [1.807, 2.05) is 0 Å². The molecule has 0 unspecified atom stereocenters. The zero-order valence-electron chi connectivity index (χ0n) is 10.7. The van der Waals surface area contributed by atoms with Gasteiger partial charge >= 0.3 is 5.97 Å². The fourth-order valence-corrected chi connectivity index (χ4v) is 2.05. The number of ether oxygens (including phenoxy) is 1. The topological polar surface area (TPSA) is 82.3 Å². The molecule has 1 aromatic heterocycles. The normalized spacial score (nSPS) is 10.2. The monoisotopic (exact) mass is 354 g/mol. The predicted molar refractivity (Wildman–Crippen MR) is 75.3 cm³/mol.